The molecule has 0 radical (unpaired) electrons. The molecule has 2 rings (SSSR count). The molecule has 1 aromatic heterocycles. The maximum Gasteiger partial charge on any atom is 0.418 e. The summed E-state index contributed by atoms with van der Waals surface area (Å²) in [5.74, 6) is 0.140. The molecule has 0 amide bonds. The van der Waals surface area contributed by atoms with E-state index in [0.29, 0.717) is 6.42 Å². The highest BCUT2D eigenvalue weighted by molar-refractivity contribution is 5.62. The van der Waals surface area contributed by atoms with Gasteiger partial charge in [-0.3, -0.25) is 0 Å². The second-order valence-electron chi connectivity index (χ2n) is 4.43. The van der Waals surface area contributed by atoms with Crippen LogP contribution < -0.4 is 0 Å². The number of aromatic nitrogens is 2. The van der Waals surface area contributed by atoms with Crippen molar-refractivity contribution in [2.24, 2.45) is 0 Å². The zero-order valence-electron chi connectivity index (χ0n) is 11.0. The van der Waals surface area contributed by atoms with Crippen molar-refractivity contribution >= 4 is 0 Å². The van der Waals surface area contributed by atoms with E-state index >= 15 is 0 Å². The maximum atomic E-state index is 12.8. The Kier molecular flexibility index (Phi) is 4.37. The van der Waals surface area contributed by atoms with E-state index in [0.717, 1.165) is 5.56 Å². The van der Waals surface area contributed by atoms with Crippen LogP contribution in [0.5, 0.6) is 0 Å². The SMILES string of the molecule is C=CCc1ccc(C(O)C(F)(F)F)c(-c2ncccn2)c1. The molecule has 0 saturated carbocycles. The minimum atomic E-state index is -4.75. The third-order valence-corrected chi connectivity index (χ3v) is 2.91. The summed E-state index contributed by atoms with van der Waals surface area (Å²) in [4.78, 5) is 7.92. The van der Waals surface area contributed by atoms with Crippen LogP contribution in [0, 0.1) is 0 Å². The van der Waals surface area contributed by atoms with Gasteiger partial charge in [0.25, 0.3) is 0 Å². The van der Waals surface area contributed by atoms with Crippen molar-refractivity contribution in [3.8, 4) is 11.4 Å². The number of benzene rings is 1. The largest absolute Gasteiger partial charge is 0.418 e. The number of nitrogens with zero attached hydrogens (tertiary/aromatic N) is 2. The first-order valence-electron chi connectivity index (χ1n) is 6.19. The highest BCUT2D eigenvalue weighted by atomic mass is 19.4. The van der Waals surface area contributed by atoms with Gasteiger partial charge in [-0.25, -0.2) is 9.97 Å². The molecule has 0 bridgehead atoms. The topological polar surface area (TPSA) is 46.0 Å². The zero-order chi connectivity index (χ0) is 15.5. The molecule has 0 spiro atoms. The number of allylic oxidation sites excluding steroid dienone is 1. The molecule has 6 heteroatoms. The van der Waals surface area contributed by atoms with Crippen LogP contribution in [-0.2, 0) is 6.42 Å². The van der Waals surface area contributed by atoms with Crippen molar-refractivity contribution in [3.63, 3.8) is 0 Å². The van der Waals surface area contributed by atoms with E-state index in [-0.39, 0.29) is 17.0 Å². The van der Waals surface area contributed by atoms with E-state index in [9.17, 15) is 18.3 Å². The molecule has 1 aromatic carbocycles. The van der Waals surface area contributed by atoms with Crippen LogP contribution in [0.15, 0.2) is 49.3 Å². The molecule has 1 N–H and O–H groups in total. The van der Waals surface area contributed by atoms with Crippen LogP contribution in [0.25, 0.3) is 11.4 Å². The molecule has 0 aliphatic heterocycles. The molecule has 21 heavy (non-hydrogen) atoms. The molecule has 0 aliphatic rings. The highest BCUT2D eigenvalue weighted by Gasteiger charge is 2.40. The molecule has 0 saturated heterocycles. The lowest BCUT2D eigenvalue weighted by molar-refractivity contribution is -0.206. The monoisotopic (exact) mass is 294 g/mol. The van der Waals surface area contributed by atoms with Crippen LogP contribution in [0.4, 0.5) is 13.2 Å². The van der Waals surface area contributed by atoms with Crippen molar-refractivity contribution in [3.05, 3.63) is 60.4 Å². The second-order valence-corrected chi connectivity index (χ2v) is 4.43. The fourth-order valence-electron chi connectivity index (χ4n) is 1.94. The van der Waals surface area contributed by atoms with Gasteiger partial charge in [0.1, 0.15) is 0 Å². The average Bonchev–Trinajstić information content (AvgIpc) is 2.47. The lowest BCUT2D eigenvalue weighted by Crippen LogP contribution is -2.21. The second kappa shape index (κ2) is 6.05. The molecule has 3 nitrogen and oxygen atoms in total. The van der Waals surface area contributed by atoms with Gasteiger partial charge >= 0.3 is 6.18 Å². The van der Waals surface area contributed by atoms with Crippen LogP contribution in [-0.4, -0.2) is 21.3 Å². The van der Waals surface area contributed by atoms with Gasteiger partial charge in [-0.15, -0.1) is 6.58 Å². The van der Waals surface area contributed by atoms with Gasteiger partial charge in [-0.2, -0.15) is 13.2 Å². The van der Waals surface area contributed by atoms with E-state index in [4.69, 9.17) is 0 Å². The number of aliphatic hydroxyl groups is 1. The summed E-state index contributed by atoms with van der Waals surface area (Å²) in [5, 5.41) is 9.52. The summed E-state index contributed by atoms with van der Waals surface area (Å²) in [6.07, 6.45) is -2.30. The molecule has 2 aromatic rings. The lowest BCUT2D eigenvalue weighted by atomic mass is 9.97. The van der Waals surface area contributed by atoms with Crippen LogP contribution >= 0.6 is 0 Å². The van der Waals surface area contributed by atoms with E-state index in [1.807, 2.05) is 0 Å². The van der Waals surface area contributed by atoms with Gasteiger partial charge in [0.2, 0.25) is 0 Å². The normalized spacial score (nSPS) is 13.0. The summed E-state index contributed by atoms with van der Waals surface area (Å²) >= 11 is 0. The number of rotatable bonds is 4. The van der Waals surface area contributed by atoms with E-state index in [2.05, 4.69) is 16.5 Å². The van der Waals surface area contributed by atoms with Crippen LogP contribution in [0.3, 0.4) is 0 Å². The Bertz CT molecular complexity index is 627. The number of aliphatic hydroxyl groups excluding tert-OH is 1. The maximum absolute atomic E-state index is 12.8. The van der Waals surface area contributed by atoms with E-state index in [1.54, 1.807) is 18.2 Å². The van der Waals surface area contributed by atoms with Gasteiger partial charge in [-0.05, 0) is 24.1 Å². The third-order valence-electron chi connectivity index (χ3n) is 2.91. The Morgan fingerprint density at radius 1 is 1.24 bits per heavy atom. The van der Waals surface area contributed by atoms with Gasteiger partial charge in [0.15, 0.2) is 11.9 Å². The summed E-state index contributed by atoms with van der Waals surface area (Å²) in [6, 6.07) is 5.89. The van der Waals surface area contributed by atoms with Gasteiger partial charge in [-0.1, -0.05) is 18.2 Å². The molecule has 110 valence electrons. The van der Waals surface area contributed by atoms with Crippen molar-refractivity contribution in [2.75, 3.05) is 0 Å². The average molecular weight is 294 g/mol. The Morgan fingerprint density at radius 2 is 1.90 bits per heavy atom. The summed E-state index contributed by atoms with van der Waals surface area (Å²) in [5.41, 5.74) is 0.673. The summed E-state index contributed by atoms with van der Waals surface area (Å²) in [7, 11) is 0. The van der Waals surface area contributed by atoms with Gasteiger partial charge in [0, 0.05) is 23.5 Å². The molecule has 1 heterocycles. The minimum Gasteiger partial charge on any atom is -0.379 e. The standard InChI is InChI=1S/C15H13F3N2O/c1-2-4-10-5-6-11(13(21)15(16,17)18)12(9-10)14-19-7-3-8-20-14/h2-3,5-9,13,21H,1,4H2. The Hall–Kier alpha value is -2.21. The number of hydrogen-bond acceptors (Lipinski definition) is 3. The number of alkyl halides is 3. The van der Waals surface area contributed by atoms with Crippen molar-refractivity contribution in [1.29, 1.82) is 0 Å². The first-order valence-corrected chi connectivity index (χ1v) is 6.19. The first-order chi connectivity index (χ1) is 9.93. The minimum absolute atomic E-state index is 0.140. The zero-order valence-corrected chi connectivity index (χ0v) is 11.0. The Labute approximate surface area is 119 Å². The molecular formula is C15H13F3N2O. The van der Waals surface area contributed by atoms with Crippen LogP contribution in [0.2, 0.25) is 0 Å². The van der Waals surface area contributed by atoms with Crippen molar-refractivity contribution in [2.45, 2.75) is 18.7 Å². The Morgan fingerprint density at radius 3 is 2.48 bits per heavy atom. The summed E-state index contributed by atoms with van der Waals surface area (Å²) in [6.45, 7) is 3.59. The molecule has 1 unspecified atom stereocenters. The van der Waals surface area contributed by atoms with Crippen molar-refractivity contribution in [1.82, 2.24) is 9.97 Å². The fourth-order valence-corrected chi connectivity index (χ4v) is 1.94. The molecule has 0 aliphatic carbocycles. The first kappa shape index (κ1) is 15.2. The predicted molar refractivity (Wildman–Crippen MR) is 72.4 cm³/mol. The smallest absolute Gasteiger partial charge is 0.379 e. The molecule has 0 fully saturated rings. The van der Waals surface area contributed by atoms with E-state index in [1.165, 1.54) is 24.5 Å². The lowest BCUT2D eigenvalue weighted by Gasteiger charge is -2.18. The third kappa shape index (κ3) is 3.46. The van der Waals surface area contributed by atoms with Gasteiger partial charge in [0.05, 0.1) is 0 Å². The summed E-state index contributed by atoms with van der Waals surface area (Å²) < 4.78 is 38.3. The molecule has 1 atom stereocenters. The number of halogens is 3. The quantitative estimate of drug-likeness (QED) is 0.878. The predicted octanol–water partition coefficient (Wildman–Crippen LogP) is 3.47. The van der Waals surface area contributed by atoms with E-state index < -0.39 is 12.3 Å². The fraction of sp³-hybridized carbons (Fsp3) is 0.200. The van der Waals surface area contributed by atoms with Crippen LogP contribution in [0.1, 0.15) is 17.2 Å². The van der Waals surface area contributed by atoms with Crippen molar-refractivity contribution < 1.29 is 18.3 Å². The number of hydrogen-bond donors (Lipinski definition) is 1. The Balaban J connectivity index is 2.57. The van der Waals surface area contributed by atoms with Gasteiger partial charge < -0.3 is 5.11 Å². The highest BCUT2D eigenvalue weighted by Crippen LogP contribution is 2.37. The molecular weight excluding hydrogens is 281 g/mol.